The third-order valence-electron chi connectivity index (χ3n) is 4.07. The average molecular weight is 396 g/mol. The maximum Gasteiger partial charge on any atom is 0.200 e. The molecule has 1 aromatic carbocycles. The summed E-state index contributed by atoms with van der Waals surface area (Å²) in [6.07, 6.45) is 3.22. The molecule has 3 aromatic rings. The molecule has 0 N–H and O–H groups in total. The molecule has 4 nitrogen and oxygen atoms in total. The fourth-order valence-electron chi connectivity index (χ4n) is 2.90. The number of rotatable bonds is 5. The molecule has 2 heterocycles. The largest absolute Gasteiger partial charge is 0.325 e. The number of hydrogen-bond acceptors (Lipinski definition) is 2. The molecule has 0 aliphatic rings. The van der Waals surface area contributed by atoms with Gasteiger partial charge in [-0.2, -0.15) is 0 Å². The summed E-state index contributed by atoms with van der Waals surface area (Å²) < 4.78 is 5.16. The van der Waals surface area contributed by atoms with Crippen molar-refractivity contribution in [2.75, 3.05) is 0 Å². The Hall–Kier alpha value is -1.33. The van der Waals surface area contributed by atoms with E-state index in [2.05, 4.69) is 41.3 Å². The topological polar surface area (TPSA) is 35.6 Å². The number of imidazole rings is 1. The van der Waals surface area contributed by atoms with Gasteiger partial charge in [0, 0.05) is 17.4 Å². The van der Waals surface area contributed by atoms with Gasteiger partial charge in [0.05, 0.1) is 16.4 Å². The van der Waals surface area contributed by atoms with Crippen molar-refractivity contribution < 1.29 is 0 Å². The summed E-state index contributed by atoms with van der Waals surface area (Å²) >= 11 is 9.84. The summed E-state index contributed by atoms with van der Waals surface area (Å²) in [6.45, 7) is 7.41. The van der Waals surface area contributed by atoms with Crippen LogP contribution in [0, 0.1) is 6.92 Å². The van der Waals surface area contributed by atoms with E-state index in [4.69, 9.17) is 21.7 Å². The molecule has 6 heteroatoms. The summed E-state index contributed by atoms with van der Waals surface area (Å²) in [5.41, 5.74) is 3.88. The molecule has 122 valence electrons. The van der Waals surface area contributed by atoms with Crippen LogP contribution in [0.5, 0.6) is 0 Å². The number of aryl methyl sites for hydroxylation is 3. The monoisotopic (exact) mass is 394 g/mol. The van der Waals surface area contributed by atoms with Crippen molar-refractivity contribution in [1.29, 1.82) is 0 Å². The molecule has 2 aromatic heterocycles. The molecule has 0 spiro atoms. The number of hydrogen-bond donors (Lipinski definition) is 0. The van der Waals surface area contributed by atoms with Gasteiger partial charge in [-0.25, -0.2) is 9.67 Å². The van der Waals surface area contributed by atoms with Gasteiger partial charge in [0.1, 0.15) is 11.3 Å². The Morgan fingerprint density at radius 2 is 2.04 bits per heavy atom. The molecule has 3 rings (SSSR count). The summed E-state index contributed by atoms with van der Waals surface area (Å²) in [5.74, 6) is 1.10. The molecule has 0 radical (unpaired) electrons. The Morgan fingerprint density at radius 1 is 1.26 bits per heavy atom. The van der Waals surface area contributed by atoms with E-state index in [9.17, 15) is 0 Å². The molecular weight excluding hydrogens is 376 g/mol. The van der Waals surface area contributed by atoms with E-state index in [0.717, 1.165) is 58.6 Å². The van der Waals surface area contributed by atoms with E-state index in [1.807, 2.05) is 22.9 Å². The van der Waals surface area contributed by atoms with Gasteiger partial charge in [-0.15, -0.1) is 5.10 Å². The highest BCUT2D eigenvalue weighted by Gasteiger charge is 2.19. The molecule has 0 saturated carbocycles. The van der Waals surface area contributed by atoms with Crippen molar-refractivity contribution in [2.45, 2.75) is 46.6 Å². The first-order chi connectivity index (χ1) is 11.1. The standard InChI is InChI=1S/C17H20BrClN4/c1-4-6-9-22-15(5-2)20-17-16(22)11(3)23(21-17)14-8-7-12(18)10-13(14)19/h7-8,10H,4-6,9H2,1-3H3. The van der Waals surface area contributed by atoms with Gasteiger partial charge in [-0.1, -0.05) is 47.8 Å². The number of benzene rings is 1. The Morgan fingerprint density at radius 3 is 2.70 bits per heavy atom. The predicted octanol–water partition coefficient (Wildman–Crippen LogP) is 5.31. The Bertz CT molecular complexity index is 850. The first-order valence-electron chi connectivity index (χ1n) is 7.97. The first kappa shape index (κ1) is 16.5. The van der Waals surface area contributed by atoms with Gasteiger partial charge in [-0.3, -0.25) is 0 Å². The minimum Gasteiger partial charge on any atom is -0.325 e. The molecule has 23 heavy (non-hydrogen) atoms. The van der Waals surface area contributed by atoms with Crippen LogP contribution in [-0.4, -0.2) is 19.3 Å². The fraction of sp³-hybridized carbons (Fsp3) is 0.412. The summed E-state index contributed by atoms with van der Waals surface area (Å²) in [5, 5.41) is 5.37. The predicted molar refractivity (Wildman–Crippen MR) is 98.6 cm³/mol. The maximum absolute atomic E-state index is 6.39. The smallest absolute Gasteiger partial charge is 0.200 e. The second kappa shape index (κ2) is 6.65. The lowest BCUT2D eigenvalue weighted by Gasteiger charge is -2.10. The zero-order chi connectivity index (χ0) is 16.6. The first-order valence-corrected chi connectivity index (χ1v) is 9.14. The minimum atomic E-state index is 0.670. The van der Waals surface area contributed by atoms with E-state index in [1.54, 1.807) is 0 Å². The summed E-state index contributed by atoms with van der Waals surface area (Å²) in [4.78, 5) is 4.72. The molecule has 0 bridgehead atoms. The molecule has 0 aliphatic carbocycles. The Labute approximate surface area is 149 Å². The maximum atomic E-state index is 6.39. The SMILES string of the molecule is CCCCn1c(CC)nc2nn(-c3ccc(Br)cc3Cl)c(C)c21. The van der Waals surface area contributed by atoms with Gasteiger partial charge in [-0.05, 0) is 31.5 Å². The Balaban J connectivity index is 2.17. The van der Waals surface area contributed by atoms with E-state index < -0.39 is 0 Å². The third kappa shape index (κ3) is 2.92. The Kier molecular flexibility index (Phi) is 4.78. The molecule has 0 aliphatic heterocycles. The highest BCUT2D eigenvalue weighted by Crippen LogP contribution is 2.29. The molecule has 0 fully saturated rings. The lowest BCUT2D eigenvalue weighted by molar-refractivity contribution is 0.617. The van der Waals surface area contributed by atoms with Gasteiger partial charge < -0.3 is 4.57 Å². The number of aromatic nitrogens is 4. The zero-order valence-corrected chi connectivity index (χ0v) is 15.9. The fourth-order valence-corrected chi connectivity index (χ4v) is 3.65. The third-order valence-corrected chi connectivity index (χ3v) is 4.87. The number of fused-ring (bicyclic) bond motifs is 1. The van der Waals surface area contributed by atoms with E-state index in [1.165, 1.54) is 0 Å². The van der Waals surface area contributed by atoms with Crippen LogP contribution >= 0.6 is 27.5 Å². The molecular formula is C17H20BrClN4. The lowest BCUT2D eigenvalue weighted by Crippen LogP contribution is -2.06. The van der Waals surface area contributed by atoms with Crippen LogP contribution in [0.3, 0.4) is 0 Å². The normalized spacial score (nSPS) is 11.5. The zero-order valence-electron chi connectivity index (χ0n) is 13.6. The van der Waals surface area contributed by atoms with Crippen molar-refractivity contribution in [2.24, 2.45) is 0 Å². The van der Waals surface area contributed by atoms with Crippen molar-refractivity contribution in [3.05, 3.63) is 39.2 Å². The van der Waals surface area contributed by atoms with E-state index >= 15 is 0 Å². The number of nitrogens with zero attached hydrogens (tertiary/aromatic N) is 4. The average Bonchev–Trinajstić information content (AvgIpc) is 3.02. The molecule has 0 atom stereocenters. The molecule has 0 unspecified atom stereocenters. The van der Waals surface area contributed by atoms with Crippen molar-refractivity contribution in [3.63, 3.8) is 0 Å². The van der Waals surface area contributed by atoms with Crippen LogP contribution in [0.4, 0.5) is 0 Å². The van der Waals surface area contributed by atoms with Gasteiger partial charge >= 0.3 is 0 Å². The minimum absolute atomic E-state index is 0.670. The second-order valence-corrected chi connectivity index (χ2v) is 6.97. The van der Waals surface area contributed by atoms with Crippen molar-refractivity contribution in [3.8, 4) is 5.69 Å². The number of unbranched alkanes of at least 4 members (excludes halogenated alkanes) is 1. The number of halogens is 2. The van der Waals surface area contributed by atoms with Crippen molar-refractivity contribution in [1.82, 2.24) is 19.3 Å². The van der Waals surface area contributed by atoms with Crippen LogP contribution < -0.4 is 0 Å². The quantitative estimate of drug-likeness (QED) is 0.587. The molecule has 0 amide bonds. The highest BCUT2D eigenvalue weighted by molar-refractivity contribution is 9.10. The van der Waals surface area contributed by atoms with E-state index in [0.29, 0.717) is 5.02 Å². The van der Waals surface area contributed by atoms with Crippen LogP contribution in [0.2, 0.25) is 5.02 Å². The van der Waals surface area contributed by atoms with Crippen molar-refractivity contribution >= 4 is 38.7 Å². The molecule has 0 saturated heterocycles. The van der Waals surface area contributed by atoms with Gasteiger partial charge in [0.15, 0.2) is 5.65 Å². The summed E-state index contributed by atoms with van der Waals surface area (Å²) in [6, 6.07) is 5.84. The lowest BCUT2D eigenvalue weighted by atomic mass is 10.3. The summed E-state index contributed by atoms with van der Waals surface area (Å²) in [7, 11) is 0. The van der Waals surface area contributed by atoms with Gasteiger partial charge in [0.2, 0.25) is 0 Å². The van der Waals surface area contributed by atoms with Gasteiger partial charge in [0.25, 0.3) is 0 Å². The van der Waals surface area contributed by atoms with Crippen LogP contribution in [-0.2, 0) is 13.0 Å². The second-order valence-electron chi connectivity index (χ2n) is 5.65. The highest BCUT2D eigenvalue weighted by atomic mass is 79.9. The van der Waals surface area contributed by atoms with Crippen LogP contribution in [0.25, 0.3) is 16.9 Å². The van der Waals surface area contributed by atoms with Crippen LogP contribution in [0.1, 0.15) is 38.2 Å². The van der Waals surface area contributed by atoms with E-state index in [-0.39, 0.29) is 0 Å². The van der Waals surface area contributed by atoms with Crippen LogP contribution in [0.15, 0.2) is 22.7 Å².